The van der Waals surface area contributed by atoms with Crippen LogP contribution in [0.2, 0.25) is 0 Å². The van der Waals surface area contributed by atoms with Crippen LogP contribution < -0.4 is 4.72 Å². The normalized spacial score (nSPS) is 11.5. The number of rotatable bonds is 5. The van der Waals surface area contributed by atoms with Gasteiger partial charge >= 0.3 is 5.97 Å². The Morgan fingerprint density at radius 3 is 2.54 bits per heavy atom. The summed E-state index contributed by atoms with van der Waals surface area (Å²) in [7, 11) is -3.79. The molecule has 2 aromatic carbocycles. The number of nitrogens with one attached hydrogen (secondary N) is 1. The number of aromatic carboxylic acids is 1. The van der Waals surface area contributed by atoms with Gasteiger partial charge < -0.3 is 5.11 Å². The molecule has 0 saturated carbocycles. The molecule has 6 nitrogen and oxygen atoms in total. The average molecular weight is 380 g/mol. The number of fused-ring (bicyclic) bond motifs is 1. The van der Waals surface area contributed by atoms with Crippen LogP contribution in [-0.2, 0) is 10.0 Å². The van der Waals surface area contributed by atoms with Gasteiger partial charge in [-0.15, -0.1) is 11.3 Å². The quantitative estimate of drug-likeness (QED) is 0.658. The molecule has 0 atom stereocenters. The lowest BCUT2D eigenvalue weighted by atomic mass is 10.2. The number of benzene rings is 2. The van der Waals surface area contributed by atoms with Gasteiger partial charge in [0.2, 0.25) is 0 Å². The van der Waals surface area contributed by atoms with E-state index < -0.39 is 16.0 Å². The highest BCUT2D eigenvalue weighted by atomic mass is 32.2. The Kier molecular flexibility index (Phi) is 4.48. The molecule has 0 radical (unpaired) electrons. The van der Waals surface area contributed by atoms with Gasteiger partial charge in [-0.1, -0.05) is 11.8 Å². The molecule has 9 heteroatoms. The van der Waals surface area contributed by atoms with Crippen molar-refractivity contribution in [2.45, 2.75) is 9.24 Å². The minimum absolute atomic E-state index is 0.00158. The van der Waals surface area contributed by atoms with Crippen LogP contribution in [0.15, 0.2) is 51.7 Å². The molecule has 2 N–H and O–H groups in total. The van der Waals surface area contributed by atoms with Crippen LogP contribution in [0.1, 0.15) is 10.4 Å². The highest BCUT2D eigenvalue weighted by Gasteiger charge is 2.15. The van der Waals surface area contributed by atoms with Crippen LogP contribution in [0.25, 0.3) is 10.2 Å². The molecule has 0 unspecified atom stereocenters. The van der Waals surface area contributed by atoms with E-state index in [2.05, 4.69) is 9.71 Å². The summed E-state index contributed by atoms with van der Waals surface area (Å²) in [6.07, 6.45) is 1.93. The van der Waals surface area contributed by atoms with Gasteiger partial charge in [-0.3, -0.25) is 4.72 Å². The highest BCUT2D eigenvalue weighted by Crippen LogP contribution is 2.30. The van der Waals surface area contributed by atoms with E-state index in [9.17, 15) is 13.2 Å². The van der Waals surface area contributed by atoms with Crippen LogP contribution in [0.4, 0.5) is 5.69 Å². The third kappa shape index (κ3) is 3.37. The second kappa shape index (κ2) is 6.42. The first-order valence-electron chi connectivity index (χ1n) is 6.70. The van der Waals surface area contributed by atoms with Crippen molar-refractivity contribution in [3.8, 4) is 0 Å². The molecule has 3 aromatic rings. The monoisotopic (exact) mass is 380 g/mol. The van der Waals surface area contributed by atoms with E-state index >= 15 is 0 Å². The maximum absolute atomic E-state index is 12.4. The summed E-state index contributed by atoms with van der Waals surface area (Å²) in [5.41, 5.74) is 1.28. The highest BCUT2D eigenvalue weighted by molar-refractivity contribution is 8.00. The Morgan fingerprint density at radius 2 is 1.92 bits per heavy atom. The number of carboxylic acid groups (broad SMARTS) is 1. The summed E-state index contributed by atoms with van der Waals surface area (Å²) >= 11 is 3.03. The predicted octanol–water partition coefficient (Wildman–Crippen LogP) is 3.52. The van der Waals surface area contributed by atoms with Gasteiger partial charge in [-0.05, 0) is 48.7 Å². The van der Waals surface area contributed by atoms with Crippen molar-refractivity contribution >= 4 is 55.0 Å². The molecule has 0 amide bonds. The van der Waals surface area contributed by atoms with Crippen molar-refractivity contribution in [3.05, 3.63) is 48.0 Å². The molecule has 0 saturated heterocycles. The lowest BCUT2D eigenvalue weighted by Gasteiger charge is -2.08. The summed E-state index contributed by atoms with van der Waals surface area (Å²) in [6, 6.07) is 10.2. The number of thiazole rings is 1. The number of thioether (sulfide) groups is 1. The number of anilines is 1. The molecule has 0 fully saturated rings. The van der Waals surface area contributed by atoms with E-state index in [-0.39, 0.29) is 10.5 Å². The number of hydrogen-bond acceptors (Lipinski definition) is 6. The van der Waals surface area contributed by atoms with Gasteiger partial charge in [-0.2, -0.15) is 0 Å². The first-order chi connectivity index (χ1) is 11.4. The van der Waals surface area contributed by atoms with Crippen LogP contribution in [0.5, 0.6) is 0 Å². The number of carboxylic acids is 1. The van der Waals surface area contributed by atoms with Gasteiger partial charge in [0.05, 0.1) is 26.4 Å². The van der Waals surface area contributed by atoms with E-state index in [1.54, 1.807) is 18.2 Å². The molecule has 0 spiro atoms. The van der Waals surface area contributed by atoms with Crippen LogP contribution in [0.3, 0.4) is 0 Å². The minimum atomic E-state index is -3.79. The van der Waals surface area contributed by atoms with Crippen LogP contribution in [0, 0.1) is 0 Å². The van der Waals surface area contributed by atoms with E-state index in [1.165, 1.54) is 47.4 Å². The Labute approximate surface area is 146 Å². The number of sulfonamides is 1. The standard InChI is InChI=1S/C15H12N2O4S3/c1-22-15-16-12-7-4-10(8-13(12)23-15)17-24(20,21)11-5-2-9(3-6-11)14(18)19/h2-8,17H,1H3,(H,18,19). The van der Waals surface area contributed by atoms with Crippen LogP contribution in [-0.4, -0.2) is 30.7 Å². The Balaban J connectivity index is 1.89. The fraction of sp³-hybridized carbons (Fsp3) is 0.0667. The molecule has 24 heavy (non-hydrogen) atoms. The summed E-state index contributed by atoms with van der Waals surface area (Å²) in [5, 5.41) is 8.87. The van der Waals surface area contributed by atoms with Crippen LogP contribution >= 0.6 is 23.1 Å². The number of nitrogens with zero attached hydrogens (tertiary/aromatic N) is 1. The first kappa shape index (κ1) is 16.7. The van der Waals surface area contributed by atoms with Gasteiger partial charge in [0, 0.05) is 0 Å². The van der Waals surface area contributed by atoms with Crippen molar-refractivity contribution in [2.75, 3.05) is 11.0 Å². The van der Waals surface area contributed by atoms with Crippen molar-refractivity contribution in [2.24, 2.45) is 0 Å². The molecule has 0 aliphatic rings. The zero-order valence-electron chi connectivity index (χ0n) is 12.4. The van der Waals surface area contributed by atoms with Gasteiger partial charge in [0.15, 0.2) is 4.34 Å². The van der Waals surface area contributed by atoms with Crippen molar-refractivity contribution in [3.63, 3.8) is 0 Å². The average Bonchev–Trinajstić information content (AvgIpc) is 2.97. The Bertz CT molecular complexity index is 1010. The summed E-state index contributed by atoms with van der Waals surface area (Å²) in [6.45, 7) is 0. The van der Waals surface area contributed by atoms with E-state index in [1.807, 2.05) is 6.26 Å². The molecule has 0 aliphatic heterocycles. The lowest BCUT2D eigenvalue weighted by Crippen LogP contribution is -2.13. The second-order valence-corrected chi connectivity index (χ2v) is 8.57. The number of hydrogen-bond donors (Lipinski definition) is 2. The Hall–Kier alpha value is -2.10. The molecule has 0 bridgehead atoms. The summed E-state index contributed by atoms with van der Waals surface area (Å²) < 4.78 is 29.1. The lowest BCUT2D eigenvalue weighted by molar-refractivity contribution is 0.0696. The SMILES string of the molecule is CSc1nc2ccc(NS(=O)(=O)c3ccc(C(=O)O)cc3)cc2s1. The molecule has 0 aliphatic carbocycles. The number of carbonyl (C=O) groups is 1. The minimum Gasteiger partial charge on any atom is -0.478 e. The second-order valence-electron chi connectivity index (χ2n) is 4.80. The molecule has 1 aromatic heterocycles. The zero-order valence-corrected chi connectivity index (χ0v) is 14.8. The molecular weight excluding hydrogens is 368 g/mol. The van der Waals surface area contributed by atoms with Gasteiger partial charge in [0.1, 0.15) is 0 Å². The molecule has 124 valence electrons. The third-order valence-corrected chi connectivity index (χ3v) is 6.61. The fourth-order valence-electron chi connectivity index (χ4n) is 2.05. The largest absolute Gasteiger partial charge is 0.478 e. The van der Waals surface area contributed by atoms with E-state index in [0.717, 1.165) is 14.6 Å². The van der Waals surface area contributed by atoms with Gasteiger partial charge in [0.25, 0.3) is 10.0 Å². The molecule has 3 rings (SSSR count). The number of aromatic nitrogens is 1. The third-order valence-electron chi connectivity index (χ3n) is 3.21. The first-order valence-corrected chi connectivity index (χ1v) is 10.2. The van der Waals surface area contributed by atoms with Crippen molar-refractivity contribution < 1.29 is 18.3 Å². The summed E-state index contributed by atoms with van der Waals surface area (Å²) in [5.74, 6) is -1.10. The molecular formula is C15H12N2O4S3. The zero-order chi connectivity index (χ0) is 17.3. The van der Waals surface area contributed by atoms with Crippen molar-refractivity contribution in [1.29, 1.82) is 0 Å². The summed E-state index contributed by atoms with van der Waals surface area (Å²) in [4.78, 5) is 15.2. The van der Waals surface area contributed by atoms with E-state index in [0.29, 0.717) is 5.69 Å². The fourth-order valence-corrected chi connectivity index (χ4v) is 4.62. The van der Waals surface area contributed by atoms with Gasteiger partial charge in [-0.25, -0.2) is 18.2 Å². The topological polar surface area (TPSA) is 96.4 Å². The van der Waals surface area contributed by atoms with Crippen molar-refractivity contribution in [1.82, 2.24) is 4.98 Å². The smallest absolute Gasteiger partial charge is 0.335 e. The molecule has 1 heterocycles. The maximum atomic E-state index is 12.4. The Morgan fingerprint density at radius 1 is 1.21 bits per heavy atom. The predicted molar refractivity (Wildman–Crippen MR) is 95.6 cm³/mol. The maximum Gasteiger partial charge on any atom is 0.335 e. The van der Waals surface area contributed by atoms with E-state index in [4.69, 9.17) is 5.11 Å².